The Morgan fingerprint density at radius 3 is 3.05 bits per heavy atom. The van der Waals surface area contributed by atoms with E-state index in [4.69, 9.17) is 11.6 Å². The van der Waals surface area contributed by atoms with Gasteiger partial charge in [0.25, 0.3) is 0 Å². The maximum Gasteiger partial charge on any atom is 0.205 e. The van der Waals surface area contributed by atoms with Crippen LogP contribution >= 0.6 is 0 Å². The molecule has 2 N–H and O–H groups in total. The molecule has 5 nitrogen and oxygen atoms in total. The summed E-state index contributed by atoms with van der Waals surface area (Å²) in [6.07, 6.45) is 8.11. The fourth-order valence-corrected chi connectivity index (χ4v) is 2.95. The van der Waals surface area contributed by atoms with E-state index in [1.807, 2.05) is 18.3 Å². The van der Waals surface area contributed by atoms with Crippen LogP contribution in [0.4, 0.5) is 17.2 Å². The molecule has 0 saturated heterocycles. The van der Waals surface area contributed by atoms with Crippen molar-refractivity contribution in [3.05, 3.63) is 53.3 Å². The molecule has 0 spiro atoms. The molecule has 0 bridgehead atoms. The summed E-state index contributed by atoms with van der Waals surface area (Å²) in [7, 11) is 0. The van der Waals surface area contributed by atoms with Crippen LogP contribution in [0.3, 0.4) is 0 Å². The van der Waals surface area contributed by atoms with Gasteiger partial charge in [-0.05, 0) is 43.4 Å². The predicted molar refractivity (Wildman–Crippen MR) is 86.5 cm³/mol. The number of anilines is 2. The first kappa shape index (κ1) is 12.8. The topological polar surface area (TPSA) is 58.0 Å². The minimum absolute atomic E-state index is 0.536. The molecule has 1 aliphatic carbocycles. The van der Waals surface area contributed by atoms with Gasteiger partial charge in [0.2, 0.25) is 5.69 Å². The van der Waals surface area contributed by atoms with Crippen molar-refractivity contribution >= 4 is 28.2 Å². The maximum atomic E-state index is 7.11. The molecule has 3 aromatic rings. The fourth-order valence-electron chi connectivity index (χ4n) is 2.95. The van der Waals surface area contributed by atoms with Crippen LogP contribution in [-0.2, 0) is 12.8 Å². The summed E-state index contributed by atoms with van der Waals surface area (Å²) in [6.45, 7) is 7.11. The van der Waals surface area contributed by atoms with E-state index in [-0.39, 0.29) is 0 Å². The lowest BCUT2D eigenvalue weighted by Gasteiger charge is -2.15. The molecule has 0 atom stereocenters. The first-order valence-corrected chi connectivity index (χ1v) is 7.44. The molecular weight excluding hydrogens is 274 g/mol. The lowest BCUT2D eigenvalue weighted by atomic mass is 9.96. The van der Waals surface area contributed by atoms with Crippen molar-refractivity contribution in [3.63, 3.8) is 0 Å². The van der Waals surface area contributed by atoms with Gasteiger partial charge in [0, 0.05) is 23.5 Å². The molecule has 3 heterocycles. The molecule has 0 saturated carbocycles. The Hall–Kier alpha value is -2.87. The zero-order valence-corrected chi connectivity index (χ0v) is 12.1. The Balaban J connectivity index is 1.70. The van der Waals surface area contributed by atoms with Crippen molar-refractivity contribution in [2.45, 2.75) is 25.7 Å². The summed E-state index contributed by atoms with van der Waals surface area (Å²) in [6, 6.07) is 6.03. The molecule has 0 aromatic carbocycles. The molecular formula is C17H15N5. The summed E-state index contributed by atoms with van der Waals surface area (Å²) in [5.74, 6) is 0.842. The van der Waals surface area contributed by atoms with Crippen molar-refractivity contribution in [2.75, 3.05) is 5.32 Å². The summed E-state index contributed by atoms with van der Waals surface area (Å²) in [4.78, 5) is 15.5. The summed E-state index contributed by atoms with van der Waals surface area (Å²) in [5, 5.41) is 4.25. The van der Waals surface area contributed by atoms with Crippen LogP contribution in [0.25, 0.3) is 15.9 Å². The van der Waals surface area contributed by atoms with Gasteiger partial charge in [-0.25, -0.2) is 9.83 Å². The SMILES string of the molecule is [C-]#[N+]c1cnc2[nH]cc(Nc3ccc4c(n3)CCCC4)c2c1. The van der Waals surface area contributed by atoms with E-state index in [0.29, 0.717) is 5.69 Å². The van der Waals surface area contributed by atoms with Crippen LogP contribution in [0.2, 0.25) is 0 Å². The van der Waals surface area contributed by atoms with Crippen molar-refractivity contribution in [3.8, 4) is 0 Å². The minimum atomic E-state index is 0.536. The number of hydrogen-bond donors (Lipinski definition) is 2. The lowest BCUT2D eigenvalue weighted by Crippen LogP contribution is -2.06. The number of H-pyrrole nitrogens is 1. The third-order valence-corrected chi connectivity index (χ3v) is 4.09. The molecule has 22 heavy (non-hydrogen) atoms. The van der Waals surface area contributed by atoms with E-state index in [9.17, 15) is 0 Å². The Bertz CT molecular complexity index is 888. The third kappa shape index (κ3) is 2.19. The van der Waals surface area contributed by atoms with E-state index >= 15 is 0 Å². The van der Waals surface area contributed by atoms with Crippen molar-refractivity contribution < 1.29 is 0 Å². The fraction of sp³-hybridized carbons (Fsp3) is 0.235. The predicted octanol–water partition coefficient (Wildman–Crippen LogP) is 4.13. The van der Waals surface area contributed by atoms with Gasteiger partial charge in [0.05, 0.1) is 12.3 Å². The van der Waals surface area contributed by atoms with Gasteiger partial charge in [-0.15, -0.1) is 0 Å². The van der Waals surface area contributed by atoms with Gasteiger partial charge in [-0.1, -0.05) is 6.07 Å². The van der Waals surface area contributed by atoms with Gasteiger partial charge in [-0.2, -0.15) is 0 Å². The molecule has 108 valence electrons. The summed E-state index contributed by atoms with van der Waals surface area (Å²) >= 11 is 0. The van der Waals surface area contributed by atoms with Gasteiger partial charge in [-0.3, -0.25) is 4.98 Å². The van der Waals surface area contributed by atoms with Gasteiger partial charge in [0.15, 0.2) is 0 Å². The second-order valence-electron chi connectivity index (χ2n) is 5.54. The Morgan fingerprint density at radius 1 is 1.23 bits per heavy atom. The number of fused-ring (bicyclic) bond motifs is 2. The molecule has 3 aromatic heterocycles. The second kappa shape index (κ2) is 5.15. The van der Waals surface area contributed by atoms with Gasteiger partial charge >= 0.3 is 0 Å². The number of nitrogens with one attached hydrogen (secondary N) is 2. The minimum Gasteiger partial charge on any atom is -0.344 e. The molecule has 4 rings (SSSR count). The van der Waals surface area contributed by atoms with Crippen LogP contribution in [0.1, 0.15) is 24.1 Å². The van der Waals surface area contributed by atoms with Crippen LogP contribution in [0.5, 0.6) is 0 Å². The van der Waals surface area contributed by atoms with Crippen molar-refractivity contribution in [2.24, 2.45) is 0 Å². The highest BCUT2D eigenvalue weighted by molar-refractivity contribution is 5.93. The van der Waals surface area contributed by atoms with E-state index in [1.54, 1.807) is 6.20 Å². The Labute approximate surface area is 128 Å². The van der Waals surface area contributed by atoms with E-state index in [2.05, 4.69) is 26.2 Å². The van der Waals surface area contributed by atoms with Gasteiger partial charge < -0.3 is 10.3 Å². The number of aromatic amines is 1. The Morgan fingerprint density at radius 2 is 2.14 bits per heavy atom. The average Bonchev–Trinajstić information content (AvgIpc) is 2.97. The highest BCUT2D eigenvalue weighted by Crippen LogP contribution is 2.29. The van der Waals surface area contributed by atoms with Crippen LogP contribution < -0.4 is 5.32 Å². The van der Waals surface area contributed by atoms with Crippen LogP contribution in [0.15, 0.2) is 30.6 Å². The number of rotatable bonds is 2. The smallest absolute Gasteiger partial charge is 0.205 e. The molecule has 1 aliphatic rings. The van der Waals surface area contributed by atoms with E-state index in [1.165, 1.54) is 24.1 Å². The highest BCUT2D eigenvalue weighted by Gasteiger charge is 2.12. The van der Waals surface area contributed by atoms with E-state index < -0.39 is 0 Å². The number of hydrogen-bond acceptors (Lipinski definition) is 3. The zero-order chi connectivity index (χ0) is 14.9. The molecule has 0 radical (unpaired) electrons. The summed E-state index contributed by atoms with van der Waals surface area (Å²) < 4.78 is 0. The zero-order valence-electron chi connectivity index (χ0n) is 12.1. The number of nitrogens with zero attached hydrogens (tertiary/aromatic N) is 3. The van der Waals surface area contributed by atoms with Crippen molar-refractivity contribution in [1.82, 2.24) is 15.0 Å². The highest BCUT2D eigenvalue weighted by atomic mass is 15.0. The maximum absolute atomic E-state index is 7.11. The first-order valence-electron chi connectivity index (χ1n) is 7.44. The standard InChI is InChI=1S/C17H15N5/c1-18-12-8-13-15(10-20-17(13)19-9-12)22-16-7-6-11-4-2-3-5-14(11)21-16/h6-10H,2-5H2,(H,19,20)(H,21,22). The van der Waals surface area contributed by atoms with Crippen LogP contribution in [0, 0.1) is 6.57 Å². The first-order chi connectivity index (χ1) is 10.8. The Kier molecular flexibility index (Phi) is 3.01. The molecule has 0 amide bonds. The normalized spacial score (nSPS) is 13.6. The van der Waals surface area contributed by atoms with E-state index in [0.717, 1.165) is 35.4 Å². The largest absolute Gasteiger partial charge is 0.344 e. The van der Waals surface area contributed by atoms with Gasteiger partial charge in [0.1, 0.15) is 11.5 Å². The molecule has 0 unspecified atom stereocenters. The average molecular weight is 289 g/mol. The number of aryl methyl sites for hydroxylation is 2. The lowest BCUT2D eigenvalue weighted by molar-refractivity contribution is 0.669. The third-order valence-electron chi connectivity index (χ3n) is 4.09. The molecule has 5 heteroatoms. The second-order valence-corrected chi connectivity index (χ2v) is 5.54. The number of aromatic nitrogens is 3. The molecule has 0 fully saturated rings. The van der Waals surface area contributed by atoms with Crippen LogP contribution in [-0.4, -0.2) is 15.0 Å². The number of pyridine rings is 2. The monoisotopic (exact) mass is 289 g/mol. The van der Waals surface area contributed by atoms with Crippen molar-refractivity contribution in [1.29, 1.82) is 0 Å². The summed E-state index contributed by atoms with van der Waals surface area (Å²) in [5.41, 5.74) is 4.78. The quantitative estimate of drug-likeness (QED) is 0.697. The molecule has 0 aliphatic heterocycles.